The van der Waals surface area contributed by atoms with E-state index in [1.54, 1.807) is 51.9 Å². The summed E-state index contributed by atoms with van der Waals surface area (Å²) in [6.07, 6.45) is 1.76. The number of thiazole rings is 1. The Hall–Kier alpha value is -4.37. The van der Waals surface area contributed by atoms with Crippen molar-refractivity contribution in [2.75, 3.05) is 27.9 Å². The molecule has 0 spiro atoms. The van der Waals surface area contributed by atoms with Crippen molar-refractivity contribution in [2.24, 2.45) is 4.99 Å². The number of hydrogen-bond donors (Lipinski definition) is 0. The lowest BCUT2D eigenvalue weighted by Gasteiger charge is -2.27. The summed E-state index contributed by atoms with van der Waals surface area (Å²) in [5, 5.41) is 1.82. The van der Waals surface area contributed by atoms with E-state index in [1.807, 2.05) is 48.5 Å². The number of carbonyl (C=O) groups excluding carboxylic acids is 1. The van der Waals surface area contributed by atoms with Crippen molar-refractivity contribution < 1.29 is 23.7 Å². The maximum Gasteiger partial charge on any atom is 0.338 e. The smallest absolute Gasteiger partial charge is 0.338 e. The summed E-state index contributed by atoms with van der Waals surface area (Å²) in [4.78, 5) is 32.6. The summed E-state index contributed by atoms with van der Waals surface area (Å²) in [7, 11) is 4.69. The zero-order valence-electron chi connectivity index (χ0n) is 22.3. The van der Waals surface area contributed by atoms with Gasteiger partial charge in [-0.25, -0.2) is 9.79 Å². The van der Waals surface area contributed by atoms with Crippen LogP contribution < -0.4 is 29.1 Å². The van der Waals surface area contributed by atoms with E-state index in [1.165, 1.54) is 11.3 Å². The molecule has 200 valence electrons. The highest BCUT2D eigenvalue weighted by molar-refractivity contribution is 7.07. The number of nitrogens with zero attached hydrogens (tertiary/aromatic N) is 2. The number of rotatable bonds is 7. The predicted molar refractivity (Wildman–Crippen MR) is 150 cm³/mol. The Bertz CT molecular complexity index is 1800. The molecular formula is C30H28N2O6S. The van der Waals surface area contributed by atoms with Gasteiger partial charge in [0, 0.05) is 11.1 Å². The number of esters is 1. The van der Waals surface area contributed by atoms with Crippen LogP contribution in [0, 0.1) is 0 Å². The van der Waals surface area contributed by atoms with Gasteiger partial charge in [0.15, 0.2) is 16.3 Å². The van der Waals surface area contributed by atoms with Gasteiger partial charge in [0.1, 0.15) is 11.8 Å². The van der Waals surface area contributed by atoms with Crippen LogP contribution in [0.1, 0.15) is 31.0 Å². The van der Waals surface area contributed by atoms with Crippen LogP contribution in [0.5, 0.6) is 17.2 Å². The molecule has 3 aromatic carbocycles. The number of fused-ring (bicyclic) bond motifs is 2. The quantitative estimate of drug-likeness (QED) is 0.327. The fourth-order valence-corrected chi connectivity index (χ4v) is 6.00. The number of hydrogen-bond acceptors (Lipinski definition) is 8. The Labute approximate surface area is 229 Å². The summed E-state index contributed by atoms with van der Waals surface area (Å²) < 4.78 is 24.2. The topological polar surface area (TPSA) is 88.4 Å². The average molecular weight is 545 g/mol. The minimum absolute atomic E-state index is 0.190. The highest BCUT2D eigenvalue weighted by Gasteiger charge is 2.36. The zero-order chi connectivity index (χ0) is 27.7. The number of aromatic nitrogens is 1. The Morgan fingerprint density at radius 3 is 2.49 bits per heavy atom. The van der Waals surface area contributed by atoms with Gasteiger partial charge in [-0.05, 0) is 42.8 Å². The minimum atomic E-state index is -0.810. The van der Waals surface area contributed by atoms with Gasteiger partial charge in [-0.15, -0.1) is 0 Å². The molecule has 1 aliphatic heterocycles. The predicted octanol–water partition coefficient (Wildman–Crippen LogP) is 3.98. The third-order valence-electron chi connectivity index (χ3n) is 6.66. The maximum absolute atomic E-state index is 14.1. The SMILES string of the molecule is CCOC(=O)C1=C(C)N=c2s/c(=C/c3cccc(OC)c3OC)c(=O)n2[C@@H]1c1c(OC)ccc2ccccc12. The van der Waals surface area contributed by atoms with Crippen LogP contribution in [0.25, 0.3) is 16.8 Å². The molecule has 1 aromatic heterocycles. The van der Waals surface area contributed by atoms with Gasteiger partial charge in [0.2, 0.25) is 0 Å². The lowest BCUT2D eigenvalue weighted by molar-refractivity contribution is -0.139. The first-order valence-corrected chi connectivity index (χ1v) is 13.2. The molecule has 0 amide bonds. The van der Waals surface area contributed by atoms with Crippen LogP contribution in [-0.2, 0) is 9.53 Å². The molecule has 9 heteroatoms. The summed E-state index contributed by atoms with van der Waals surface area (Å²) in [6.45, 7) is 3.70. The van der Waals surface area contributed by atoms with Gasteiger partial charge in [-0.2, -0.15) is 0 Å². The average Bonchev–Trinajstić information content (AvgIpc) is 3.25. The second-order valence-corrected chi connectivity index (χ2v) is 9.80. The van der Waals surface area contributed by atoms with E-state index in [0.717, 1.165) is 10.8 Å². The highest BCUT2D eigenvalue weighted by Crippen LogP contribution is 2.40. The molecule has 0 N–H and O–H groups in total. The summed E-state index contributed by atoms with van der Waals surface area (Å²) in [6, 6.07) is 16.3. The van der Waals surface area contributed by atoms with Gasteiger partial charge in [0.25, 0.3) is 5.56 Å². The Morgan fingerprint density at radius 1 is 1.00 bits per heavy atom. The molecular weight excluding hydrogens is 516 g/mol. The molecule has 0 radical (unpaired) electrons. The zero-order valence-corrected chi connectivity index (χ0v) is 23.1. The number of methoxy groups -OCH3 is 3. The monoisotopic (exact) mass is 544 g/mol. The van der Waals surface area contributed by atoms with Crippen molar-refractivity contribution in [3.05, 3.63) is 96.7 Å². The molecule has 0 saturated carbocycles. The molecule has 0 aliphatic carbocycles. The first-order valence-electron chi connectivity index (χ1n) is 12.4. The molecule has 4 aromatic rings. The molecule has 2 heterocycles. The largest absolute Gasteiger partial charge is 0.496 e. The van der Waals surface area contributed by atoms with E-state index in [0.29, 0.717) is 49.0 Å². The molecule has 0 fully saturated rings. The molecule has 1 atom stereocenters. The molecule has 0 saturated heterocycles. The van der Waals surface area contributed by atoms with Crippen molar-refractivity contribution in [3.63, 3.8) is 0 Å². The van der Waals surface area contributed by atoms with Crippen molar-refractivity contribution in [1.82, 2.24) is 4.57 Å². The number of ether oxygens (including phenoxy) is 4. The molecule has 0 bridgehead atoms. The first kappa shape index (κ1) is 26.2. The lowest BCUT2D eigenvalue weighted by Crippen LogP contribution is -2.40. The molecule has 1 aliphatic rings. The fourth-order valence-electron chi connectivity index (χ4n) is 4.97. The van der Waals surface area contributed by atoms with Gasteiger partial charge >= 0.3 is 5.97 Å². The Balaban J connectivity index is 1.85. The second kappa shape index (κ2) is 10.8. The third-order valence-corrected chi connectivity index (χ3v) is 7.64. The lowest BCUT2D eigenvalue weighted by atomic mass is 9.90. The summed E-state index contributed by atoms with van der Waals surface area (Å²) in [5.41, 5.74) is 1.87. The van der Waals surface area contributed by atoms with Crippen LogP contribution in [0.3, 0.4) is 0 Å². The van der Waals surface area contributed by atoms with Gasteiger partial charge in [-0.1, -0.05) is 53.8 Å². The van der Waals surface area contributed by atoms with Gasteiger partial charge in [-0.3, -0.25) is 9.36 Å². The van der Waals surface area contributed by atoms with Crippen LogP contribution in [-0.4, -0.2) is 38.5 Å². The molecule has 0 unspecified atom stereocenters. The van der Waals surface area contributed by atoms with E-state index in [-0.39, 0.29) is 12.2 Å². The van der Waals surface area contributed by atoms with Crippen molar-refractivity contribution in [2.45, 2.75) is 19.9 Å². The Kier molecular flexibility index (Phi) is 7.26. The number of benzene rings is 3. The van der Waals surface area contributed by atoms with E-state index in [9.17, 15) is 9.59 Å². The highest BCUT2D eigenvalue weighted by atomic mass is 32.1. The second-order valence-electron chi connectivity index (χ2n) is 8.79. The number of para-hydroxylation sites is 1. The first-order chi connectivity index (χ1) is 18.9. The van der Waals surface area contributed by atoms with Crippen LogP contribution >= 0.6 is 11.3 Å². The summed E-state index contributed by atoms with van der Waals surface area (Å²) >= 11 is 1.24. The van der Waals surface area contributed by atoms with Crippen molar-refractivity contribution in [3.8, 4) is 17.2 Å². The molecule has 39 heavy (non-hydrogen) atoms. The third kappa shape index (κ3) is 4.48. The Morgan fingerprint density at radius 2 is 1.77 bits per heavy atom. The van der Waals surface area contributed by atoms with Crippen LogP contribution in [0.4, 0.5) is 0 Å². The van der Waals surface area contributed by atoms with Gasteiger partial charge < -0.3 is 18.9 Å². The summed E-state index contributed by atoms with van der Waals surface area (Å²) in [5.74, 6) is 1.10. The number of allylic oxidation sites excluding steroid dienone is 1. The maximum atomic E-state index is 14.1. The van der Waals surface area contributed by atoms with Crippen molar-refractivity contribution in [1.29, 1.82) is 0 Å². The van der Waals surface area contributed by atoms with Crippen molar-refractivity contribution >= 4 is 34.2 Å². The normalized spacial score (nSPS) is 15.1. The van der Waals surface area contributed by atoms with Crippen LogP contribution in [0.2, 0.25) is 0 Å². The molecule has 5 rings (SSSR count). The number of carbonyl (C=O) groups is 1. The fraction of sp³-hybridized carbons (Fsp3) is 0.233. The standard InChI is InChI=1S/C30H28N2O6S/c1-6-38-29(34)24-17(2)31-30-32(26(24)25-20-12-8-7-10-18(20)14-15-21(25)35-3)28(33)23(39-30)16-19-11-9-13-22(36-4)27(19)37-5/h7-16,26H,6H2,1-5H3/b23-16+/t26-/m0/s1. The van der Waals surface area contributed by atoms with E-state index in [2.05, 4.69) is 4.99 Å². The van der Waals surface area contributed by atoms with Crippen LogP contribution in [0.15, 0.2) is 75.7 Å². The minimum Gasteiger partial charge on any atom is -0.496 e. The van der Waals surface area contributed by atoms with Gasteiger partial charge in [0.05, 0.1) is 43.7 Å². The van der Waals surface area contributed by atoms with E-state index in [4.69, 9.17) is 18.9 Å². The molecule has 8 nitrogen and oxygen atoms in total. The van der Waals surface area contributed by atoms with E-state index >= 15 is 0 Å². The van der Waals surface area contributed by atoms with E-state index < -0.39 is 12.0 Å².